The van der Waals surface area contributed by atoms with E-state index in [1.54, 1.807) is 6.20 Å². The molecule has 0 saturated carbocycles. The van der Waals surface area contributed by atoms with Crippen molar-refractivity contribution in [3.05, 3.63) is 53.7 Å². The van der Waals surface area contributed by atoms with Gasteiger partial charge in [-0.2, -0.15) is 0 Å². The minimum atomic E-state index is -0.349. The van der Waals surface area contributed by atoms with Crippen LogP contribution in [-0.2, 0) is 16.1 Å². The van der Waals surface area contributed by atoms with E-state index in [2.05, 4.69) is 34.1 Å². The van der Waals surface area contributed by atoms with Gasteiger partial charge in [-0.1, -0.05) is 24.3 Å². The lowest BCUT2D eigenvalue weighted by molar-refractivity contribution is -0.154. The molecule has 1 unspecified atom stereocenters. The fourth-order valence-corrected chi connectivity index (χ4v) is 3.82. The number of piperidine rings is 1. The number of methoxy groups -OCH3 is 1. The second kappa shape index (κ2) is 7.80. The Kier molecular flexibility index (Phi) is 5.22. The van der Waals surface area contributed by atoms with Crippen molar-refractivity contribution in [2.45, 2.75) is 32.4 Å². The molecule has 2 aliphatic rings. The maximum atomic E-state index is 12.0. The first-order chi connectivity index (χ1) is 13.6. The van der Waals surface area contributed by atoms with Gasteiger partial charge in [0.2, 0.25) is 0 Å². The number of pyridine rings is 1. The highest BCUT2D eigenvalue weighted by Crippen LogP contribution is 2.35. The van der Waals surface area contributed by atoms with Crippen LogP contribution in [0.5, 0.6) is 11.6 Å². The number of carbonyl (C=O) groups excluding carboxylic acids is 1. The van der Waals surface area contributed by atoms with E-state index in [0.717, 1.165) is 38.0 Å². The Morgan fingerprint density at radius 3 is 2.71 bits per heavy atom. The first-order valence-corrected chi connectivity index (χ1v) is 9.71. The summed E-state index contributed by atoms with van der Waals surface area (Å²) < 4.78 is 16.7. The number of benzene rings is 1. The number of aromatic nitrogens is 1. The Hall–Kier alpha value is -2.60. The molecule has 0 bridgehead atoms. The average Bonchev–Trinajstić information content (AvgIpc) is 2.75. The van der Waals surface area contributed by atoms with E-state index < -0.39 is 0 Å². The number of likely N-dealkylation sites (tertiary alicyclic amines) is 1. The van der Waals surface area contributed by atoms with Crippen LogP contribution < -0.4 is 9.47 Å². The molecule has 1 atom stereocenters. The van der Waals surface area contributed by atoms with Crippen LogP contribution in [-0.4, -0.2) is 42.7 Å². The normalized spacial score (nSPS) is 21.1. The molecule has 0 amide bonds. The van der Waals surface area contributed by atoms with Crippen LogP contribution in [0.3, 0.4) is 0 Å². The molecule has 2 aromatic rings. The third kappa shape index (κ3) is 3.83. The monoisotopic (exact) mass is 382 g/mol. The van der Waals surface area contributed by atoms with Crippen molar-refractivity contribution < 1.29 is 19.0 Å². The highest BCUT2D eigenvalue weighted by atomic mass is 16.6. The SMILES string of the molecule is COC(=O)C1(C)CCN(Cc2ccc(C3COc4cccnc4O3)cc2)CC1. The predicted molar refractivity (Wildman–Crippen MR) is 104 cm³/mol. The molecule has 0 N–H and O–H groups in total. The quantitative estimate of drug-likeness (QED) is 0.756. The fourth-order valence-electron chi connectivity index (χ4n) is 3.82. The summed E-state index contributed by atoms with van der Waals surface area (Å²) in [5.74, 6) is 1.14. The summed E-state index contributed by atoms with van der Waals surface area (Å²) in [6.07, 6.45) is 3.22. The number of hydrogen-bond donors (Lipinski definition) is 0. The Morgan fingerprint density at radius 2 is 2.00 bits per heavy atom. The van der Waals surface area contributed by atoms with Gasteiger partial charge in [-0.05, 0) is 56.1 Å². The Labute approximate surface area is 165 Å². The fraction of sp³-hybridized carbons (Fsp3) is 0.455. The van der Waals surface area contributed by atoms with E-state index in [1.165, 1.54) is 12.7 Å². The van der Waals surface area contributed by atoms with Crippen molar-refractivity contribution in [2.24, 2.45) is 5.41 Å². The van der Waals surface area contributed by atoms with Gasteiger partial charge < -0.3 is 14.2 Å². The minimum Gasteiger partial charge on any atom is -0.484 e. The van der Waals surface area contributed by atoms with Crippen LogP contribution in [0.4, 0.5) is 0 Å². The summed E-state index contributed by atoms with van der Waals surface area (Å²) in [6.45, 7) is 5.16. The summed E-state index contributed by atoms with van der Waals surface area (Å²) in [6, 6.07) is 12.2. The smallest absolute Gasteiger partial charge is 0.311 e. The van der Waals surface area contributed by atoms with E-state index >= 15 is 0 Å². The van der Waals surface area contributed by atoms with E-state index in [1.807, 2.05) is 19.1 Å². The van der Waals surface area contributed by atoms with E-state index in [-0.39, 0.29) is 17.5 Å². The lowest BCUT2D eigenvalue weighted by atomic mass is 9.80. The maximum Gasteiger partial charge on any atom is 0.311 e. The Bertz CT molecular complexity index is 829. The molecular weight excluding hydrogens is 356 g/mol. The van der Waals surface area contributed by atoms with Gasteiger partial charge in [0.15, 0.2) is 11.9 Å². The van der Waals surface area contributed by atoms with Crippen LogP contribution in [0.2, 0.25) is 0 Å². The molecule has 1 saturated heterocycles. The van der Waals surface area contributed by atoms with Gasteiger partial charge in [0.25, 0.3) is 5.88 Å². The summed E-state index contributed by atoms with van der Waals surface area (Å²) in [4.78, 5) is 18.6. The molecule has 28 heavy (non-hydrogen) atoms. The van der Waals surface area contributed by atoms with Crippen LogP contribution in [0.1, 0.15) is 37.0 Å². The third-order valence-corrected chi connectivity index (χ3v) is 5.78. The molecule has 0 spiro atoms. The van der Waals surface area contributed by atoms with Gasteiger partial charge in [0, 0.05) is 12.7 Å². The number of esters is 1. The number of nitrogens with zero attached hydrogens (tertiary/aromatic N) is 2. The van der Waals surface area contributed by atoms with Crippen molar-refractivity contribution in [3.63, 3.8) is 0 Å². The molecule has 4 rings (SSSR count). The molecule has 148 valence electrons. The Morgan fingerprint density at radius 1 is 1.25 bits per heavy atom. The lowest BCUT2D eigenvalue weighted by Gasteiger charge is -2.37. The minimum absolute atomic E-state index is 0.0951. The topological polar surface area (TPSA) is 60.9 Å². The number of hydrogen-bond acceptors (Lipinski definition) is 6. The molecule has 0 radical (unpaired) electrons. The zero-order chi connectivity index (χ0) is 19.6. The van der Waals surface area contributed by atoms with Crippen LogP contribution in [0, 0.1) is 5.41 Å². The van der Waals surface area contributed by atoms with Gasteiger partial charge in [-0.15, -0.1) is 0 Å². The standard InChI is InChI=1S/C22H26N2O4/c1-22(21(25)26-2)9-12-24(13-10-22)14-16-5-7-17(8-6-16)19-15-27-18-4-3-11-23-20(18)28-19/h3-8,11,19H,9-10,12-15H2,1-2H3. The molecule has 1 fully saturated rings. The molecule has 3 heterocycles. The predicted octanol–water partition coefficient (Wildman–Crippen LogP) is 3.37. The summed E-state index contributed by atoms with van der Waals surface area (Å²) in [5, 5.41) is 0. The number of ether oxygens (including phenoxy) is 3. The third-order valence-electron chi connectivity index (χ3n) is 5.78. The van der Waals surface area contributed by atoms with Crippen LogP contribution >= 0.6 is 0 Å². The highest BCUT2D eigenvalue weighted by molar-refractivity contribution is 5.76. The molecule has 6 heteroatoms. The first-order valence-electron chi connectivity index (χ1n) is 9.71. The van der Waals surface area contributed by atoms with E-state index in [0.29, 0.717) is 18.2 Å². The summed E-state index contributed by atoms with van der Waals surface area (Å²) in [5.41, 5.74) is 1.98. The first kappa shape index (κ1) is 18.7. The van der Waals surface area contributed by atoms with Gasteiger partial charge in [-0.25, -0.2) is 4.98 Å². The van der Waals surface area contributed by atoms with Crippen LogP contribution in [0.25, 0.3) is 0 Å². The second-order valence-electron chi connectivity index (χ2n) is 7.79. The van der Waals surface area contributed by atoms with Gasteiger partial charge in [0.1, 0.15) is 6.61 Å². The van der Waals surface area contributed by atoms with Gasteiger partial charge in [-0.3, -0.25) is 9.69 Å². The molecule has 2 aliphatic heterocycles. The summed E-state index contributed by atoms with van der Waals surface area (Å²) >= 11 is 0. The van der Waals surface area contributed by atoms with Crippen molar-refractivity contribution in [3.8, 4) is 11.6 Å². The average molecular weight is 382 g/mol. The molecular formula is C22H26N2O4. The molecule has 6 nitrogen and oxygen atoms in total. The van der Waals surface area contributed by atoms with Crippen LogP contribution in [0.15, 0.2) is 42.6 Å². The van der Waals surface area contributed by atoms with Gasteiger partial charge in [0.05, 0.1) is 12.5 Å². The molecule has 1 aromatic heterocycles. The maximum absolute atomic E-state index is 12.0. The van der Waals surface area contributed by atoms with Crippen molar-refractivity contribution in [2.75, 3.05) is 26.8 Å². The lowest BCUT2D eigenvalue weighted by Crippen LogP contribution is -2.42. The van der Waals surface area contributed by atoms with E-state index in [9.17, 15) is 4.79 Å². The van der Waals surface area contributed by atoms with E-state index in [4.69, 9.17) is 14.2 Å². The zero-order valence-electron chi connectivity index (χ0n) is 16.4. The van der Waals surface area contributed by atoms with Crippen molar-refractivity contribution in [1.82, 2.24) is 9.88 Å². The largest absolute Gasteiger partial charge is 0.484 e. The second-order valence-corrected chi connectivity index (χ2v) is 7.79. The summed E-state index contributed by atoms with van der Waals surface area (Å²) in [7, 11) is 1.47. The number of carbonyl (C=O) groups is 1. The van der Waals surface area contributed by atoms with Gasteiger partial charge >= 0.3 is 5.97 Å². The molecule has 0 aliphatic carbocycles. The highest BCUT2D eigenvalue weighted by Gasteiger charge is 2.37. The zero-order valence-corrected chi connectivity index (χ0v) is 16.4. The van der Waals surface area contributed by atoms with Crippen molar-refractivity contribution in [1.29, 1.82) is 0 Å². The number of fused-ring (bicyclic) bond motifs is 1. The van der Waals surface area contributed by atoms with Crippen molar-refractivity contribution >= 4 is 5.97 Å². The molecule has 1 aromatic carbocycles. The number of rotatable bonds is 4. The Balaban J connectivity index is 1.34.